The number of aliphatic hydroxyl groups excluding tert-OH is 1. The van der Waals surface area contributed by atoms with Gasteiger partial charge >= 0.3 is 5.97 Å². The van der Waals surface area contributed by atoms with Crippen LogP contribution >= 0.6 is 0 Å². The molecule has 2 N–H and O–H groups in total. The lowest BCUT2D eigenvalue weighted by Gasteiger charge is -2.20. The second-order valence-corrected chi connectivity index (χ2v) is 2.43. The molecule has 0 aromatic heterocycles. The van der Waals surface area contributed by atoms with Crippen LogP contribution in [0.1, 0.15) is 12.4 Å². The summed E-state index contributed by atoms with van der Waals surface area (Å²) in [4.78, 5) is 22.9. The standard InChI is InChI=1S/C9H10O4/c1-5(10)6-3-2-4-7(8(6)11)9(12)13/h2-4,6,8,11H,1H3,(H,12,13)/i2D,3D,4D,6D,11D/hD. The molecule has 0 aliphatic heterocycles. The number of carboxylic acids is 1. The molecule has 0 aromatic carbocycles. The van der Waals surface area contributed by atoms with Crippen molar-refractivity contribution in [2.24, 2.45) is 5.89 Å². The molecule has 0 radical (unpaired) electrons. The summed E-state index contributed by atoms with van der Waals surface area (Å²) in [6, 6.07) is -2.47. The summed E-state index contributed by atoms with van der Waals surface area (Å²) in [6.07, 6.45) is -1.89. The topological polar surface area (TPSA) is 74.6 Å². The smallest absolute Gasteiger partial charge is 0.334 e. The summed E-state index contributed by atoms with van der Waals surface area (Å²) in [5.74, 6) is -4.83. The van der Waals surface area contributed by atoms with Gasteiger partial charge in [0, 0.05) is 1.37 Å². The molecule has 13 heavy (non-hydrogen) atoms. The maximum Gasteiger partial charge on any atom is 0.334 e. The number of carbonyl (C=O) groups is 2. The fourth-order valence-corrected chi connectivity index (χ4v) is 0.872. The zero-order chi connectivity index (χ0) is 15.0. The monoisotopic (exact) mass is 188 g/mol. The molecule has 1 aliphatic carbocycles. The third-order valence-corrected chi connectivity index (χ3v) is 1.52. The van der Waals surface area contributed by atoms with Gasteiger partial charge in [-0.3, -0.25) is 4.79 Å². The Hall–Kier alpha value is -1.42. The molecule has 1 rings (SSSR count). The molecule has 2 atom stereocenters. The largest absolute Gasteiger partial charge is 0.478 e. The summed E-state index contributed by atoms with van der Waals surface area (Å²) < 4.78 is 43.9. The molecule has 0 saturated heterocycles. The highest BCUT2D eigenvalue weighted by Gasteiger charge is 2.29. The Morgan fingerprint density at radius 2 is 2.54 bits per heavy atom. The van der Waals surface area contributed by atoms with Gasteiger partial charge in [0.25, 0.3) is 1.43 Å². The summed E-state index contributed by atoms with van der Waals surface area (Å²) in [5.41, 5.74) is -0.767. The Bertz CT molecular complexity index is 499. The number of rotatable bonds is 3. The maximum atomic E-state index is 11.5. The third kappa shape index (κ3) is 1.84. The number of carboxylic acid groups (broad SMARTS) is 1. The van der Waals surface area contributed by atoms with E-state index in [-0.39, 0.29) is 0 Å². The number of aliphatic hydroxyl groups is 1. The molecule has 0 spiro atoms. The molecule has 0 heterocycles. The van der Waals surface area contributed by atoms with Crippen molar-refractivity contribution < 1.29 is 25.3 Å². The van der Waals surface area contributed by atoms with E-state index in [0.29, 0.717) is 0 Å². The maximum absolute atomic E-state index is 11.5. The van der Waals surface area contributed by atoms with Crippen LogP contribution in [-0.2, 0) is 9.59 Å². The van der Waals surface area contributed by atoms with E-state index < -0.39 is 47.5 Å². The van der Waals surface area contributed by atoms with Crippen LogP contribution in [0.15, 0.2) is 23.7 Å². The second kappa shape index (κ2) is 3.53. The van der Waals surface area contributed by atoms with E-state index in [1.807, 2.05) is 0 Å². The number of Topliss-reactive ketones (excluding diaryl/α,β-unsaturated/α-hetero) is 1. The number of ketones is 1. The van der Waals surface area contributed by atoms with Gasteiger partial charge in [-0.25, -0.2) is 4.79 Å². The number of carbonyl (C=O) groups excluding carboxylic acids is 1. The van der Waals surface area contributed by atoms with Gasteiger partial charge in [0.1, 0.15) is 5.78 Å². The van der Waals surface area contributed by atoms with Gasteiger partial charge in [-0.05, 0) is 13.0 Å². The Kier molecular flexibility index (Phi) is 1.14. The number of aliphatic carboxylic acids is 1. The van der Waals surface area contributed by atoms with Crippen LogP contribution in [0.3, 0.4) is 0 Å². The minimum atomic E-state index is -2.49. The predicted molar refractivity (Wildman–Crippen MR) is 45.0 cm³/mol. The fourth-order valence-electron chi connectivity index (χ4n) is 0.872. The zero-order valence-electron chi connectivity index (χ0n) is 12.7. The number of hydrogen-bond donors (Lipinski definition) is 2. The first-order valence-corrected chi connectivity index (χ1v) is 3.43. The average molecular weight is 188 g/mol. The van der Waals surface area contributed by atoms with Crippen LogP contribution in [-0.4, -0.2) is 29.5 Å². The molecule has 0 saturated carbocycles. The number of allylic oxidation sites excluding steroid dienone is 2. The van der Waals surface area contributed by atoms with E-state index >= 15 is 0 Å². The Labute approximate surface area is 83.8 Å². The quantitative estimate of drug-likeness (QED) is 0.660. The van der Waals surface area contributed by atoms with Crippen molar-refractivity contribution in [1.29, 1.82) is 2.86 Å². The summed E-state index contributed by atoms with van der Waals surface area (Å²) >= 11 is 0. The van der Waals surface area contributed by atoms with Gasteiger partial charge in [0.15, 0.2) is 0 Å². The van der Waals surface area contributed by atoms with Gasteiger partial charge in [0.05, 0.1) is 21.7 Å². The lowest BCUT2D eigenvalue weighted by atomic mass is 9.88. The van der Waals surface area contributed by atoms with Crippen molar-refractivity contribution in [1.82, 2.24) is 0 Å². The molecule has 70 valence electrons. The van der Waals surface area contributed by atoms with Gasteiger partial charge in [0.2, 0.25) is 1.43 Å². The highest BCUT2D eigenvalue weighted by molar-refractivity contribution is 5.91. The number of hydrogen-bond acceptors (Lipinski definition) is 4. The van der Waals surface area contributed by atoms with Crippen molar-refractivity contribution >= 4 is 11.8 Å². The molecule has 1 aliphatic rings. The highest BCUT2D eigenvalue weighted by atomic mass is 16.4. The molecular weight excluding hydrogens is 172 g/mol. The molecule has 4 nitrogen and oxygen atoms in total. The van der Waals surface area contributed by atoms with E-state index in [0.717, 1.165) is 6.92 Å². The van der Waals surface area contributed by atoms with E-state index in [1.54, 1.807) is 0 Å². The van der Waals surface area contributed by atoms with E-state index in [4.69, 9.17) is 8.35 Å². The van der Waals surface area contributed by atoms with Gasteiger partial charge in [-0.2, -0.15) is 0 Å². The zero-order valence-corrected chi connectivity index (χ0v) is 6.71. The first kappa shape index (κ1) is 4.19. The fraction of sp³-hybridized carbons (Fsp3) is 0.333. The van der Waals surface area contributed by atoms with Crippen LogP contribution < -0.4 is 0 Å². The minimum absolute atomic E-state index is 0.767. The van der Waals surface area contributed by atoms with Crippen molar-refractivity contribution in [3.05, 3.63) is 23.7 Å². The Morgan fingerprint density at radius 1 is 1.77 bits per heavy atom. The molecule has 0 amide bonds. The summed E-state index contributed by atoms with van der Waals surface area (Å²) in [6.45, 7) is 0.944. The van der Waals surface area contributed by atoms with Crippen molar-refractivity contribution in [2.45, 2.75) is 13.0 Å². The first-order valence-electron chi connectivity index (χ1n) is 6.24. The van der Waals surface area contributed by atoms with Crippen molar-refractivity contribution in [2.75, 3.05) is 0 Å². The van der Waals surface area contributed by atoms with Crippen LogP contribution in [0.5, 0.6) is 0 Å². The molecule has 4 heteroatoms. The van der Waals surface area contributed by atoms with Gasteiger partial charge in [-0.15, -0.1) is 0 Å². The van der Waals surface area contributed by atoms with Crippen LogP contribution in [0, 0.1) is 5.89 Å². The molecule has 0 aromatic rings. The summed E-state index contributed by atoms with van der Waals surface area (Å²) in [5, 5.41) is 7.79. The Balaban J connectivity index is 3.61. The SMILES string of the molecule is [2H]OC(=O)C1=C([2H])C([2H])=C([2H])C([2H])(C(C)=O)C1O[2H]. The second-order valence-electron chi connectivity index (χ2n) is 2.43. The van der Waals surface area contributed by atoms with Crippen molar-refractivity contribution in [3.63, 3.8) is 0 Å². The average Bonchev–Trinajstić information content (AvgIpc) is 2.38. The van der Waals surface area contributed by atoms with Crippen LogP contribution in [0.4, 0.5) is 0 Å². The molecule has 0 fully saturated rings. The lowest BCUT2D eigenvalue weighted by molar-refractivity contribution is -0.134. The van der Waals surface area contributed by atoms with E-state index in [1.165, 1.54) is 0 Å². The Morgan fingerprint density at radius 3 is 3.08 bits per heavy atom. The van der Waals surface area contributed by atoms with Gasteiger partial charge in [-0.1, -0.05) is 12.1 Å². The normalized spacial score (nSPS) is 40.8. The van der Waals surface area contributed by atoms with Crippen molar-refractivity contribution in [3.8, 4) is 0 Å². The van der Waals surface area contributed by atoms with Crippen LogP contribution in [0.2, 0.25) is 0 Å². The molecular formula is C9H10O4. The van der Waals surface area contributed by atoms with Gasteiger partial charge < -0.3 is 10.2 Å². The van der Waals surface area contributed by atoms with Crippen LogP contribution in [0.25, 0.3) is 1.43 Å². The van der Waals surface area contributed by atoms with E-state index in [9.17, 15) is 9.59 Å². The predicted octanol–water partition coefficient (Wildman–Crippen LogP) is 0.133. The lowest BCUT2D eigenvalue weighted by Crippen LogP contribution is -2.31. The van der Waals surface area contributed by atoms with E-state index in [2.05, 4.69) is 10.2 Å². The molecule has 0 bridgehead atoms. The molecule has 2 unspecified atom stereocenters. The minimum Gasteiger partial charge on any atom is -0.478 e. The first-order chi connectivity index (χ1) is 8.73. The highest BCUT2D eigenvalue weighted by Crippen LogP contribution is 2.20. The summed E-state index contributed by atoms with van der Waals surface area (Å²) in [7, 11) is 0. The third-order valence-electron chi connectivity index (χ3n) is 1.52.